The fourth-order valence-corrected chi connectivity index (χ4v) is 5.54. The molecule has 0 bridgehead atoms. The van der Waals surface area contributed by atoms with Crippen molar-refractivity contribution < 1.29 is 23.9 Å². The summed E-state index contributed by atoms with van der Waals surface area (Å²) in [5.74, 6) is -0.132. The lowest BCUT2D eigenvalue weighted by Gasteiger charge is -2.13. The largest absolute Gasteiger partial charge is 0.497 e. The van der Waals surface area contributed by atoms with Crippen LogP contribution in [0.15, 0.2) is 83.8 Å². The molecule has 4 aromatic carbocycles. The van der Waals surface area contributed by atoms with Crippen molar-refractivity contribution in [2.75, 3.05) is 19.0 Å². The number of carbonyl (C=O) groups is 3. The topological polar surface area (TPSA) is 84.9 Å². The van der Waals surface area contributed by atoms with E-state index in [4.69, 9.17) is 32.7 Å². The highest BCUT2D eigenvalue weighted by atomic mass is 35.5. The van der Waals surface area contributed by atoms with Gasteiger partial charge in [-0.15, -0.1) is 0 Å². The zero-order valence-electron chi connectivity index (χ0n) is 21.1. The number of hydrogen-bond acceptors (Lipinski definition) is 6. The van der Waals surface area contributed by atoms with Crippen molar-refractivity contribution in [3.63, 3.8) is 0 Å². The molecule has 3 amide bonds. The summed E-state index contributed by atoms with van der Waals surface area (Å²) >= 11 is 13.7. The second-order valence-corrected chi connectivity index (χ2v) is 10.6. The number of hydrogen-bond donors (Lipinski definition) is 1. The standard InChI is InChI=1S/C30H22Cl2N2O5S/c1-38-23-10-8-22(9-11-23)33-27(35)16-34-29(36)26(40-30(34)37)15-19-13-24(31)28(25(32)14-19)39-17-18-6-7-20-4-2-3-5-21(20)12-18/h2-15H,16-17H2,1H3,(H,33,35)/b26-15+. The summed E-state index contributed by atoms with van der Waals surface area (Å²) in [7, 11) is 1.54. The van der Waals surface area contributed by atoms with E-state index in [0.29, 0.717) is 22.7 Å². The van der Waals surface area contributed by atoms with Crippen LogP contribution in [0.3, 0.4) is 0 Å². The van der Waals surface area contributed by atoms with Crippen LogP contribution >= 0.6 is 35.0 Å². The van der Waals surface area contributed by atoms with Crippen molar-refractivity contribution in [2.45, 2.75) is 6.61 Å². The van der Waals surface area contributed by atoms with Gasteiger partial charge in [0.1, 0.15) is 18.9 Å². The van der Waals surface area contributed by atoms with E-state index in [1.54, 1.807) is 43.5 Å². The number of nitrogens with zero attached hydrogens (tertiary/aromatic N) is 1. The molecule has 0 aliphatic carbocycles. The molecule has 10 heteroatoms. The van der Waals surface area contributed by atoms with Crippen molar-refractivity contribution >= 4 is 74.6 Å². The molecule has 1 aliphatic heterocycles. The number of amides is 3. The second kappa shape index (κ2) is 12.0. The minimum absolute atomic E-state index is 0.152. The number of anilines is 1. The third-order valence-corrected chi connectivity index (χ3v) is 7.53. The van der Waals surface area contributed by atoms with Crippen molar-refractivity contribution in [3.8, 4) is 11.5 Å². The van der Waals surface area contributed by atoms with Gasteiger partial charge in [-0.25, -0.2) is 0 Å². The van der Waals surface area contributed by atoms with Crippen molar-refractivity contribution in [2.24, 2.45) is 0 Å². The average Bonchev–Trinajstić information content (AvgIpc) is 3.20. The Kier molecular flexibility index (Phi) is 8.30. The van der Waals surface area contributed by atoms with Gasteiger partial charge in [0.15, 0.2) is 5.75 Å². The third-order valence-electron chi connectivity index (χ3n) is 6.06. The van der Waals surface area contributed by atoms with Gasteiger partial charge in [0.25, 0.3) is 11.1 Å². The molecule has 1 saturated heterocycles. The summed E-state index contributed by atoms with van der Waals surface area (Å²) in [4.78, 5) is 38.9. The van der Waals surface area contributed by atoms with E-state index in [-0.39, 0.29) is 21.6 Å². The molecular formula is C30H22Cl2N2O5S. The van der Waals surface area contributed by atoms with Crippen molar-refractivity contribution in [1.82, 2.24) is 4.90 Å². The Balaban J connectivity index is 1.24. The Hall–Kier alpha value is -3.98. The Morgan fingerprint density at radius 2 is 1.65 bits per heavy atom. The first-order valence-corrected chi connectivity index (χ1v) is 13.7. The molecule has 0 atom stereocenters. The number of imide groups is 1. The highest BCUT2D eigenvalue weighted by molar-refractivity contribution is 8.18. The number of carbonyl (C=O) groups excluding carboxylic acids is 3. The molecule has 1 fully saturated rings. The predicted octanol–water partition coefficient (Wildman–Crippen LogP) is 7.41. The Bertz CT molecular complexity index is 1630. The molecule has 0 radical (unpaired) electrons. The van der Waals surface area contributed by atoms with Crippen LogP contribution in [0.4, 0.5) is 10.5 Å². The van der Waals surface area contributed by atoms with E-state index < -0.39 is 23.6 Å². The van der Waals surface area contributed by atoms with Crippen LogP contribution in [-0.2, 0) is 16.2 Å². The average molecular weight is 593 g/mol. The number of halogens is 2. The Labute approximate surface area is 244 Å². The molecule has 4 aromatic rings. The van der Waals surface area contributed by atoms with Gasteiger partial charge < -0.3 is 14.8 Å². The third kappa shape index (κ3) is 6.25. The lowest BCUT2D eigenvalue weighted by atomic mass is 10.1. The zero-order chi connectivity index (χ0) is 28.2. The number of benzene rings is 4. The Morgan fingerprint density at radius 1 is 0.950 bits per heavy atom. The molecular weight excluding hydrogens is 571 g/mol. The molecule has 0 spiro atoms. The first kappa shape index (κ1) is 27.6. The summed E-state index contributed by atoms with van der Waals surface area (Å²) in [6.07, 6.45) is 1.51. The van der Waals surface area contributed by atoms with E-state index in [1.165, 1.54) is 6.08 Å². The summed E-state index contributed by atoms with van der Waals surface area (Å²) in [5.41, 5.74) is 1.99. The van der Waals surface area contributed by atoms with Gasteiger partial charge in [0.05, 0.1) is 22.1 Å². The summed E-state index contributed by atoms with van der Waals surface area (Å²) in [6.45, 7) is -0.155. The molecule has 7 nitrogen and oxygen atoms in total. The van der Waals surface area contributed by atoms with Gasteiger partial charge in [-0.1, -0.05) is 59.6 Å². The quantitative estimate of drug-likeness (QED) is 0.214. The van der Waals surface area contributed by atoms with Gasteiger partial charge in [-0.2, -0.15) is 0 Å². The smallest absolute Gasteiger partial charge is 0.294 e. The Morgan fingerprint density at radius 3 is 2.35 bits per heavy atom. The minimum Gasteiger partial charge on any atom is -0.497 e. The van der Waals surface area contributed by atoms with Crippen LogP contribution in [0.1, 0.15) is 11.1 Å². The molecule has 5 rings (SSSR count). The van der Waals surface area contributed by atoms with Crippen molar-refractivity contribution in [3.05, 3.63) is 105 Å². The lowest BCUT2D eigenvalue weighted by molar-refractivity contribution is -0.127. The minimum atomic E-state index is -0.580. The SMILES string of the molecule is COc1ccc(NC(=O)CN2C(=O)S/C(=C/c3cc(Cl)c(OCc4ccc5ccccc5c4)c(Cl)c3)C2=O)cc1. The lowest BCUT2D eigenvalue weighted by Crippen LogP contribution is -2.36. The summed E-state index contributed by atoms with van der Waals surface area (Å²) in [6, 6.07) is 24.0. The number of nitrogens with one attached hydrogen (secondary N) is 1. The number of rotatable bonds is 8. The van der Waals surface area contributed by atoms with Crippen LogP contribution in [0.5, 0.6) is 11.5 Å². The van der Waals surface area contributed by atoms with Gasteiger partial charge in [-0.3, -0.25) is 19.3 Å². The highest BCUT2D eigenvalue weighted by Crippen LogP contribution is 2.38. The molecule has 0 saturated carbocycles. The molecule has 0 unspecified atom stereocenters. The van der Waals surface area contributed by atoms with Crippen LogP contribution < -0.4 is 14.8 Å². The number of ether oxygens (including phenoxy) is 2. The van der Waals surface area contributed by atoms with Crippen LogP contribution in [0, 0.1) is 0 Å². The maximum absolute atomic E-state index is 12.9. The highest BCUT2D eigenvalue weighted by Gasteiger charge is 2.36. The molecule has 1 heterocycles. The molecule has 0 aromatic heterocycles. The van der Waals surface area contributed by atoms with E-state index in [0.717, 1.165) is 33.0 Å². The van der Waals surface area contributed by atoms with E-state index in [2.05, 4.69) is 5.32 Å². The second-order valence-electron chi connectivity index (χ2n) is 8.83. The number of thioether (sulfide) groups is 1. The van der Waals surface area contributed by atoms with Gasteiger partial charge in [0.2, 0.25) is 5.91 Å². The van der Waals surface area contributed by atoms with Crippen LogP contribution in [0.25, 0.3) is 16.8 Å². The molecule has 1 N–H and O–H groups in total. The normalized spacial score (nSPS) is 14.2. The maximum atomic E-state index is 12.9. The van der Waals surface area contributed by atoms with E-state index in [1.807, 2.05) is 42.5 Å². The van der Waals surface area contributed by atoms with Crippen LogP contribution in [-0.4, -0.2) is 35.6 Å². The van der Waals surface area contributed by atoms with Gasteiger partial charge in [0, 0.05) is 5.69 Å². The first-order valence-electron chi connectivity index (χ1n) is 12.1. The van der Waals surface area contributed by atoms with E-state index >= 15 is 0 Å². The molecule has 202 valence electrons. The van der Waals surface area contributed by atoms with Gasteiger partial charge >= 0.3 is 0 Å². The van der Waals surface area contributed by atoms with E-state index in [9.17, 15) is 14.4 Å². The fourth-order valence-electron chi connectivity index (χ4n) is 4.09. The summed E-state index contributed by atoms with van der Waals surface area (Å²) < 4.78 is 11.0. The number of methoxy groups -OCH3 is 1. The van der Waals surface area contributed by atoms with Crippen molar-refractivity contribution in [1.29, 1.82) is 0 Å². The number of fused-ring (bicyclic) bond motifs is 1. The zero-order valence-corrected chi connectivity index (χ0v) is 23.5. The molecule has 1 aliphatic rings. The van der Waals surface area contributed by atoms with Gasteiger partial charge in [-0.05, 0) is 82.2 Å². The first-order chi connectivity index (χ1) is 19.3. The monoisotopic (exact) mass is 592 g/mol. The molecule has 40 heavy (non-hydrogen) atoms. The fraction of sp³-hybridized carbons (Fsp3) is 0.100. The maximum Gasteiger partial charge on any atom is 0.294 e. The van der Waals surface area contributed by atoms with Crippen LogP contribution in [0.2, 0.25) is 10.0 Å². The summed E-state index contributed by atoms with van der Waals surface area (Å²) in [5, 5.41) is 4.87. The predicted molar refractivity (Wildman–Crippen MR) is 159 cm³/mol.